The molecule has 1 heterocycles. The van der Waals surface area contributed by atoms with Crippen molar-refractivity contribution in [3.8, 4) is 0 Å². The summed E-state index contributed by atoms with van der Waals surface area (Å²) in [5, 5.41) is 8.88. The molecule has 1 amide bonds. The third-order valence-electron chi connectivity index (χ3n) is 3.66. The highest BCUT2D eigenvalue weighted by molar-refractivity contribution is 5.78. The van der Waals surface area contributed by atoms with Gasteiger partial charge in [-0.3, -0.25) is 9.59 Å². The fraction of sp³-hybridized carbons (Fsp3) is 0.846. The molecule has 104 valence electrons. The van der Waals surface area contributed by atoms with Crippen molar-refractivity contribution in [2.75, 3.05) is 13.7 Å². The topological polar surface area (TPSA) is 66.8 Å². The molecule has 1 N–H and O–H groups in total. The van der Waals surface area contributed by atoms with Crippen LogP contribution in [0, 0.1) is 5.92 Å². The lowest BCUT2D eigenvalue weighted by atomic mass is 10.0. The maximum atomic E-state index is 12.1. The minimum Gasteiger partial charge on any atom is -0.481 e. The van der Waals surface area contributed by atoms with Crippen LogP contribution in [0.5, 0.6) is 0 Å². The van der Waals surface area contributed by atoms with Crippen molar-refractivity contribution >= 4 is 11.9 Å². The lowest BCUT2D eigenvalue weighted by Gasteiger charge is -2.24. The van der Waals surface area contributed by atoms with E-state index in [1.165, 1.54) is 0 Å². The molecule has 18 heavy (non-hydrogen) atoms. The Kier molecular flexibility index (Phi) is 5.59. The van der Waals surface area contributed by atoms with Crippen LogP contribution in [0.4, 0.5) is 0 Å². The molecule has 0 aromatic carbocycles. The van der Waals surface area contributed by atoms with Crippen molar-refractivity contribution in [1.29, 1.82) is 0 Å². The number of likely N-dealkylation sites (tertiary alicyclic amines) is 1. The highest BCUT2D eigenvalue weighted by Gasteiger charge is 2.36. The van der Waals surface area contributed by atoms with Crippen molar-refractivity contribution in [2.24, 2.45) is 5.92 Å². The fourth-order valence-corrected chi connectivity index (χ4v) is 2.30. The Morgan fingerprint density at radius 1 is 1.50 bits per heavy atom. The molecular formula is C13H23NO4. The first-order chi connectivity index (χ1) is 8.47. The molecule has 0 aliphatic carbocycles. The van der Waals surface area contributed by atoms with Crippen molar-refractivity contribution in [3.05, 3.63) is 0 Å². The summed E-state index contributed by atoms with van der Waals surface area (Å²) in [5.74, 6) is -0.474. The lowest BCUT2D eigenvalue weighted by Crippen LogP contribution is -2.38. The molecule has 0 aromatic rings. The number of aliphatic carboxylic acids is 1. The Morgan fingerprint density at radius 3 is 2.67 bits per heavy atom. The van der Waals surface area contributed by atoms with Gasteiger partial charge in [-0.1, -0.05) is 20.3 Å². The average molecular weight is 257 g/mol. The predicted octanol–water partition coefficient (Wildman–Crippen LogP) is 1.51. The normalized spacial score (nSPS) is 25.2. The van der Waals surface area contributed by atoms with Crippen LogP contribution >= 0.6 is 0 Å². The van der Waals surface area contributed by atoms with Crippen LogP contribution in [0.15, 0.2) is 0 Å². The summed E-state index contributed by atoms with van der Waals surface area (Å²) in [6, 6.07) is -0.219. The van der Waals surface area contributed by atoms with E-state index in [4.69, 9.17) is 9.84 Å². The Bertz CT molecular complexity index is 305. The van der Waals surface area contributed by atoms with E-state index in [0.29, 0.717) is 25.3 Å². The van der Waals surface area contributed by atoms with Crippen molar-refractivity contribution in [1.82, 2.24) is 4.90 Å². The fourth-order valence-electron chi connectivity index (χ4n) is 2.30. The van der Waals surface area contributed by atoms with Gasteiger partial charge >= 0.3 is 5.97 Å². The van der Waals surface area contributed by atoms with E-state index in [9.17, 15) is 9.59 Å². The van der Waals surface area contributed by atoms with Crippen LogP contribution in [-0.4, -0.2) is 47.7 Å². The number of ether oxygens (including phenoxy) is 1. The molecule has 0 spiro atoms. The Hall–Kier alpha value is -1.10. The number of nitrogens with zero attached hydrogens (tertiary/aromatic N) is 1. The van der Waals surface area contributed by atoms with Crippen molar-refractivity contribution in [2.45, 2.75) is 51.7 Å². The summed E-state index contributed by atoms with van der Waals surface area (Å²) in [6.07, 6.45) is 2.04. The lowest BCUT2D eigenvalue weighted by molar-refractivity contribution is -0.140. The standard InChI is InChI=1S/C13H23NO4/c1-4-9(2)5-12(15)14-8-11(18-3)6-10(14)7-13(16)17/h9-11H,4-8H2,1-3H3,(H,16,17). The minimum atomic E-state index is -0.863. The Morgan fingerprint density at radius 2 is 2.17 bits per heavy atom. The highest BCUT2D eigenvalue weighted by Crippen LogP contribution is 2.24. The van der Waals surface area contributed by atoms with E-state index in [1.54, 1.807) is 12.0 Å². The molecule has 1 fully saturated rings. The quantitative estimate of drug-likeness (QED) is 0.783. The molecule has 0 radical (unpaired) electrons. The van der Waals surface area contributed by atoms with E-state index >= 15 is 0 Å². The van der Waals surface area contributed by atoms with Gasteiger partial charge in [-0.15, -0.1) is 0 Å². The van der Waals surface area contributed by atoms with Crippen LogP contribution < -0.4 is 0 Å². The zero-order valence-electron chi connectivity index (χ0n) is 11.4. The third kappa shape index (κ3) is 3.98. The molecule has 3 atom stereocenters. The zero-order valence-corrected chi connectivity index (χ0v) is 11.4. The molecule has 5 heteroatoms. The number of carboxylic acids is 1. The van der Waals surface area contributed by atoms with Crippen molar-refractivity contribution < 1.29 is 19.4 Å². The van der Waals surface area contributed by atoms with Crippen LogP contribution in [-0.2, 0) is 14.3 Å². The van der Waals surface area contributed by atoms with Gasteiger partial charge in [0.1, 0.15) is 0 Å². The molecule has 5 nitrogen and oxygen atoms in total. The summed E-state index contributed by atoms with van der Waals surface area (Å²) in [6.45, 7) is 4.60. The zero-order chi connectivity index (χ0) is 13.7. The Labute approximate surface area is 108 Å². The first-order valence-corrected chi connectivity index (χ1v) is 6.51. The monoisotopic (exact) mass is 257 g/mol. The molecule has 3 unspecified atom stereocenters. The van der Waals surface area contributed by atoms with Crippen LogP contribution in [0.1, 0.15) is 39.5 Å². The Balaban J connectivity index is 2.64. The van der Waals surface area contributed by atoms with Gasteiger partial charge in [0.2, 0.25) is 5.91 Å². The van der Waals surface area contributed by atoms with Crippen LogP contribution in [0.25, 0.3) is 0 Å². The van der Waals surface area contributed by atoms with E-state index in [1.807, 2.05) is 6.92 Å². The summed E-state index contributed by atoms with van der Waals surface area (Å²) < 4.78 is 5.25. The van der Waals surface area contributed by atoms with E-state index in [-0.39, 0.29) is 24.5 Å². The third-order valence-corrected chi connectivity index (χ3v) is 3.66. The number of carbonyl (C=O) groups excluding carboxylic acids is 1. The van der Waals surface area contributed by atoms with Gasteiger partial charge in [0.25, 0.3) is 0 Å². The number of carbonyl (C=O) groups is 2. The molecule has 1 rings (SSSR count). The van der Waals surface area contributed by atoms with Gasteiger partial charge in [-0.25, -0.2) is 0 Å². The van der Waals surface area contributed by atoms with Crippen LogP contribution in [0.3, 0.4) is 0 Å². The molecule has 1 aliphatic rings. The van der Waals surface area contributed by atoms with Gasteiger partial charge in [-0.2, -0.15) is 0 Å². The molecule has 0 aromatic heterocycles. The molecule has 1 aliphatic heterocycles. The van der Waals surface area contributed by atoms with Gasteiger partial charge < -0.3 is 14.7 Å². The van der Waals surface area contributed by atoms with Crippen molar-refractivity contribution in [3.63, 3.8) is 0 Å². The molecule has 0 saturated carbocycles. The van der Waals surface area contributed by atoms with Gasteiger partial charge in [0, 0.05) is 26.1 Å². The van der Waals surface area contributed by atoms with Gasteiger partial charge in [0.15, 0.2) is 0 Å². The number of methoxy groups -OCH3 is 1. The summed E-state index contributed by atoms with van der Waals surface area (Å²) in [5.41, 5.74) is 0. The SMILES string of the molecule is CCC(C)CC(=O)N1CC(OC)CC1CC(=O)O. The van der Waals surface area contributed by atoms with E-state index in [2.05, 4.69) is 6.92 Å². The smallest absolute Gasteiger partial charge is 0.305 e. The predicted molar refractivity (Wildman–Crippen MR) is 67.2 cm³/mol. The van der Waals surface area contributed by atoms with E-state index < -0.39 is 5.97 Å². The highest BCUT2D eigenvalue weighted by atomic mass is 16.5. The summed E-state index contributed by atoms with van der Waals surface area (Å²) in [7, 11) is 1.60. The first-order valence-electron chi connectivity index (χ1n) is 6.51. The van der Waals surface area contributed by atoms with Gasteiger partial charge in [0.05, 0.1) is 12.5 Å². The first kappa shape index (κ1) is 15.0. The average Bonchev–Trinajstić information content (AvgIpc) is 2.71. The second-order valence-corrected chi connectivity index (χ2v) is 5.11. The van der Waals surface area contributed by atoms with E-state index in [0.717, 1.165) is 6.42 Å². The number of amides is 1. The number of hydrogen-bond donors (Lipinski definition) is 1. The second kappa shape index (κ2) is 6.73. The van der Waals surface area contributed by atoms with Gasteiger partial charge in [-0.05, 0) is 12.3 Å². The number of rotatable bonds is 6. The number of hydrogen-bond acceptors (Lipinski definition) is 3. The maximum Gasteiger partial charge on any atom is 0.305 e. The minimum absolute atomic E-state index is 0.00606. The van der Waals surface area contributed by atoms with Crippen LogP contribution in [0.2, 0.25) is 0 Å². The number of carboxylic acid groups (broad SMARTS) is 1. The second-order valence-electron chi connectivity index (χ2n) is 5.11. The molecular weight excluding hydrogens is 234 g/mol. The summed E-state index contributed by atoms with van der Waals surface area (Å²) in [4.78, 5) is 24.7. The molecule has 0 bridgehead atoms. The largest absolute Gasteiger partial charge is 0.481 e. The maximum absolute atomic E-state index is 12.1. The molecule has 1 saturated heterocycles. The summed E-state index contributed by atoms with van der Waals surface area (Å²) >= 11 is 0.